The van der Waals surface area contributed by atoms with Gasteiger partial charge in [0.25, 0.3) is 5.91 Å². The maximum Gasteiger partial charge on any atom is 0.251 e. The fourth-order valence-electron chi connectivity index (χ4n) is 4.05. The smallest absolute Gasteiger partial charge is 0.251 e. The van der Waals surface area contributed by atoms with Crippen LogP contribution >= 0.6 is 0 Å². The summed E-state index contributed by atoms with van der Waals surface area (Å²) < 4.78 is 5.63. The van der Waals surface area contributed by atoms with E-state index in [1.54, 1.807) is 6.08 Å². The highest BCUT2D eigenvalue weighted by Gasteiger charge is 2.28. The third-order valence-corrected chi connectivity index (χ3v) is 5.51. The van der Waals surface area contributed by atoms with E-state index in [4.69, 9.17) is 4.74 Å². The molecular weight excluding hydrogens is 362 g/mol. The van der Waals surface area contributed by atoms with E-state index in [0.717, 1.165) is 36.6 Å². The van der Waals surface area contributed by atoms with E-state index in [0.29, 0.717) is 12.2 Å². The Bertz CT molecular complexity index is 873. The van der Waals surface area contributed by atoms with Crippen molar-refractivity contribution in [2.75, 3.05) is 19.7 Å². The van der Waals surface area contributed by atoms with Crippen LogP contribution in [0, 0.1) is 20.8 Å². The number of ether oxygens (including phenoxy) is 1. The molecule has 1 saturated heterocycles. The Balaban J connectivity index is 1.61. The maximum atomic E-state index is 12.7. The summed E-state index contributed by atoms with van der Waals surface area (Å²) in [6, 6.07) is 10.4. The summed E-state index contributed by atoms with van der Waals surface area (Å²) >= 11 is 0. The third-order valence-electron chi connectivity index (χ3n) is 5.51. The monoisotopic (exact) mass is 393 g/mol. The molecule has 0 saturated carbocycles. The molecule has 1 fully saturated rings. The van der Waals surface area contributed by atoms with Crippen molar-refractivity contribution in [1.82, 2.24) is 15.2 Å². The van der Waals surface area contributed by atoms with Crippen LogP contribution in [0.5, 0.6) is 5.75 Å². The average molecular weight is 394 g/mol. The first-order chi connectivity index (χ1) is 13.9. The van der Waals surface area contributed by atoms with Gasteiger partial charge in [-0.2, -0.15) is 0 Å². The molecule has 0 spiro atoms. The molecule has 154 valence electrons. The first-order valence-electron chi connectivity index (χ1n) is 10.2. The first kappa shape index (κ1) is 21.1. The molecule has 1 N–H and O–H groups in total. The SMILES string of the molecule is C=CCOc1ccc(C(C)N2CC[C@@H](NC(=O)c3cc(C)nc(C)c3)C2)c(C)c1. The van der Waals surface area contributed by atoms with E-state index in [2.05, 4.69) is 47.8 Å². The van der Waals surface area contributed by atoms with Crippen molar-refractivity contribution in [3.63, 3.8) is 0 Å². The molecule has 1 aliphatic rings. The van der Waals surface area contributed by atoms with Crippen molar-refractivity contribution < 1.29 is 9.53 Å². The van der Waals surface area contributed by atoms with Gasteiger partial charge in [-0.25, -0.2) is 0 Å². The highest BCUT2D eigenvalue weighted by atomic mass is 16.5. The average Bonchev–Trinajstić information content (AvgIpc) is 3.13. The van der Waals surface area contributed by atoms with Gasteiger partial charge in [-0.3, -0.25) is 14.7 Å². The molecule has 1 aromatic carbocycles. The predicted molar refractivity (Wildman–Crippen MR) is 116 cm³/mol. The minimum Gasteiger partial charge on any atom is -0.490 e. The van der Waals surface area contributed by atoms with Gasteiger partial charge in [0.2, 0.25) is 0 Å². The molecule has 2 aromatic rings. The molecule has 2 atom stereocenters. The standard InChI is InChI=1S/C24H31N3O2/c1-6-11-29-22-7-8-23(16(2)12-22)19(5)27-10-9-21(15-27)26-24(28)20-13-17(3)25-18(4)14-20/h6-8,12-14,19,21H,1,9-11,15H2,2-5H3,(H,26,28)/t19?,21-/m1/s1. The van der Waals surface area contributed by atoms with E-state index < -0.39 is 0 Å². The Morgan fingerprint density at radius 1 is 1.31 bits per heavy atom. The molecular formula is C24H31N3O2. The minimum absolute atomic E-state index is 0.0157. The molecule has 0 aliphatic carbocycles. The van der Waals surface area contributed by atoms with E-state index >= 15 is 0 Å². The molecule has 2 heterocycles. The Morgan fingerprint density at radius 3 is 2.69 bits per heavy atom. The Morgan fingerprint density at radius 2 is 2.03 bits per heavy atom. The topological polar surface area (TPSA) is 54.5 Å². The van der Waals surface area contributed by atoms with Crippen LogP contribution in [0.15, 0.2) is 43.0 Å². The number of hydrogen-bond acceptors (Lipinski definition) is 4. The summed E-state index contributed by atoms with van der Waals surface area (Å²) in [4.78, 5) is 19.4. The fourth-order valence-corrected chi connectivity index (χ4v) is 4.05. The zero-order valence-corrected chi connectivity index (χ0v) is 17.9. The van der Waals surface area contributed by atoms with Gasteiger partial charge in [-0.15, -0.1) is 0 Å². The lowest BCUT2D eigenvalue weighted by molar-refractivity contribution is 0.0936. The van der Waals surface area contributed by atoms with E-state index in [1.165, 1.54) is 11.1 Å². The highest BCUT2D eigenvalue weighted by Crippen LogP contribution is 2.29. The van der Waals surface area contributed by atoms with Crippen LogP contribution in [-0.2, 0) is 0 Å². The van der Waals surface area contributed by atoms with Crippen molar-refractivity contribution in [2.45, 2.75) is 46.2 Å². The van der Waals surface area contributed by atoms with Gasteiger partial charge in [-0.1, -0.05) is 18.7 Å². The maximum absolute atomic E-state index is 12.7. The lowest BCUT2D eigenvalue weighted by atomic mass is 10.0. The van der Waals surface area contributed by atoms with Crippen molar-refractivity contribution >= 4 is 5.91 Å². The van der Waals surface area contributed by atoms with Crippen LogP contribution in [-0.4, -0.2) is 41.5 Å². The molecule has 1 aromatic heterocycles. The van der Waals surface area contributed by atoms with Gasteiger partial charge in [-0.05, 0) is 69.5 Å². The zero-order valence-electron chi connectivity index (χ0n) is 17.9. The van der Waals surface area contributed by atoms with Crippen LogP contribution in [0.2, 0.25) is 0 Å². The summed E-state index contributed by atoms with van der Waals surface area (Å²) in [7, 11) is 0. The lowest BCUT2D eigenvalue weighted by Gasteiger charge is -2.26. The molecule has 5 heteroatoms. The van der Waals surface area contributed by atoms with Crippen molar-refractivity contribution in [3.8, 4) is 5.75 Å². The Labute approximate surface area is 173 Å². The summed E-state index contributed by atoms with van der Waals surface area (Å²) in [6.45, 7) is 14.2. The summed E-state index contributed by atoms with van der Waals surface area (Å²) in [6.07, 6.45) is 2.71. The number of nitrogens with zero attached hydrogens (tertiary/aromatic N) is 2. The number of likely N-dealkylation sites (tertiary alicyclic amines) is 1. The number of pyridine rings is 1. The van der Waals surface area contributed by atoms with Gasteiger partial charge in [0.1, 0.15) is 12.4 Å². The predicted octanol–water partition coefficient (Wildman–Crippen LogP) is 4.14. The summed E-state index contributed by atoms with van der Waals surface area (Å²) in [5, 5.41) is 3.20. The molecule has 29 heavy (non-hydrogen) atoms. The molecule has 5 nitrogen and oxygen atoms in total. The second-order valence-corrected chi connectivity index (χ2v) is 7.89. The Kier molecular flexibility index (Phi) is 6.70. The van der Waals surface area contributed by atoms with Gasteiger partial charge < -0.3 is 10.1 Å². The van der Waals surface area contributed by atoms with Crippen LogP contribution in [0.1, 0.15) is 52.3 Å². The summed E-state index contributed by atoms with van der Waals surface area (Å²) in [5.74, 6) is 0.853. The van der Waals surface area contributed by atoms with Crippen LogP contribution in [0.3, 0.4) is 0 Å². The molecule has 0 bridgehead atoms. The number of benzene rings is 1. The third kappa shape index (κ3) is 5.24. The normalized spacial score (nSPS) is 17.7. The number of carbonyl (C=O) groups is 1. The molecule has 3 rings (SSSR count). The largest absolute Gasteiger partial charge is 0.490 e. The quantitative estimate of drug-likeness (QED) is 0.719. The second-order valence-electron chi connectivity index (χ2n) is 7.89. The van der Waals surface area contributed by atoms with Gasteiger partial charge >= 0.3 is 0 Å². The van der Waals surface area contributed by atoms with Gasteiger partial charge in [0, 0.05) is 42.1 Å². The first-order valence-corrected chi connectivity index (χ1v) is 10.2. The van der Waals surface area contributed by atoms with Crippen molar-refractivity contribution in [2.24, 2.45) is 0 Å². The van der Waals surface area contributed by atoms with Crippen LogP contribution in [0.4, 0.5) is 0 Å². The zero-order chi connectivity index (χ0) is 21.0. The molecule has 1 unspecified atom stereocenters. The number of aryl methyl sites for hydroxylation is 3. The van der Waals surface area contributed by atoms with Crippen molar-refractivity contribution in [3.05, 3.63) is 71.1 Å². The van der Waals surface area contributed by atoms with Crippen molar-refractivity contribution in [1.29, 1.82) is 0 Å². The minimum atomic E-state index is -0.0157. The molecule has 1 aliphatic heterocycles. The van der Waals surface area contributed by atoms with Crippen LogP contribution in [0.25, 0.3) is 0 Å². The number of nitrogens with one attached hydrogen (secondary N) is 1. The van der Waals surface area contributed by atoms with Gasteiger partial charge in [0.15, 0.2) is 0 Å². The van der Waals surface area contributed by atoms with E-state index in [-0.39, 0.29) is 18.0 Å². The number of carbonyl (C=O) groups excluding carboxylic acids is 1. The highest BCUT2D eigenvalue weighted by molar-refractivity contribution is 5.94. The Hall–Kier alpha value is -2.66. The fraction of sp³-hybridized carbons (Fsp3) is 0.417. The lowest BCUT2D eigenvalue weighted by Crippen LogP contribution is -2.37. The summed E-state index contributed by atoms with van der Waals surface area (Å²) in [5.41, 5.74) is 4.94. The number of aromatic nitrogens is 1. The second kappa shape index (κ2) is 9.23. The molecule has 0 radical (unpaired) electrons. The number of rotatable bonds is 7. The van der Waals surface area contributed by atoms with Crippen LogP contribution < -0.4 is 10.1 Å². The van der Waals surface area contributed by atoms with E-state index in [1.807, 2.05) is 32.0 Å². The van der Waals surface area contributed by atoms with E-state index in [9.17, 15) is 4.79 Å². The molecule has 1 amide bonds. The number of amides is 1. The number of hydrogen-bond donors (Lipinski definition) is 1. The van der Waals surface area contributed by atoms with Gasteiger partial charge in [0.05, 0.1) is 0 Å².